The van der Waals surface area contributed by atoms with E-state index in [0.717, 1.165) is 0 Å². The van der Waals surface area contributed by atoms with Crippen LogP contribution in [0.1, 0.15) is 18.0 Å². The van der Waals surface area contributed by atoms with Crippen LogP contribution in [0.15, 0.2) is 79.0 Å². The Morgan fingerprint density at radius 2 is 1.34 bits per heavy atom. The maximum Gasteiger partial charge on any atom is 0.257 e. The molecule has 0 bridgehead atoms. The van der Waals surface area contributed by atoms with Gasteiger partial charge in [-0.05, 0) is 36.4 Å². The van der Waals surface area contributed by atoms with Gasteiger partial charge < -0.3 is 4.90 Å². The monoisotopic (exact) mass is 466 g/mol. The van der Waals surface area contributed by atoms with E-state index >= 15 is 0 Å². The number of hydrogen-bond acceptors (Lipinski definition) is 6. The fourth-order valence-corrected chi connectivity index (χ4v) is 5.78. The smallest absolute Gasteiger partial charge is 0.257 e. The lowest BCUT2D eigenvalue weighted by molar-refractivity contribution is -0.124. The zero-order valence-corrected chi connectivity index (χ0v) is 18.9. The molecule has 3 aliphatic heterocycles. The number of imide groups is 2. The lowest BCUT2D eigenvalue weighted by atomic mass is 9.72. The van der Waals surface area contributed by atoms with E-state index in [9.17, 15) is 19.2 Å². The summed E-state index contributed by atoms with van der Waals surface area (Å²) in [5.74, 6) is -3.76. The maximum absolute atomic E-state index is 13.9. The third-order valence-electron chi connectivity index (χ3n) is 7.28. The highest BCUT2D eigenvalue weighted by atomic mass is 16.2. The second-order valence-electron chi connectivity index (χ2n) is 9.08. The number of amides is 4. The molecule has 1 aromatic heterocycles. The molecule has 3 aliphatic rings. The van der Waals surface area contributed by atoms with E-state index in [0.29, 0.717) is 22.8 Å². The Balaban J connectivity index is 1.47. The van der Waals surface area contributed by atoms with Crippen LogP contribution in [-0.2, 0) is 19.2 Å². The molecule has 2 saturated heterocycles. The molecule has 4 heterocycles. The lowest BCUT2D eigenvalue weighted by Gasteiger charge is -2.40. The third-order valence-corrected chi connectivity index (χ3v) is 7.28. The molecule has 0 spiro atoms. The minimum atomic E-state index is -0.840. The first-order valence-electron chi connectivity index (χ1n) is 11.5. The van der Waals surface area contributed by atoms with E-state index in [1.165, 1.54) is 9.80 Å². The number of carbonyl (C=O) groups is 4. The summed E-state index contributed by atoms with van der Waals surface area (Å²) in [6.45, 7) is 0. The third kappa shape index (κ3) is 3.02. The van der Waals surface area contributed by atoms with E-state index in [4.69, 9.17) is 0 Å². The van der Waals surface area contributed by atoms with E-state index in [2.05, 4.69) is 4.98 Å². The fraction of sp³-hybridized carbons (Fsp3) is 0.222. The molecule has 0 saturated carbocycles. The number of pyridine rings is 1. The average Bonchev–Trinajstić information content (AvgIpc) is 3.32. The molecule has 4 amide bonds. The summed E-state index contributed by atoms with van der Waals surface area (Å²) in [5, 5.41) is 0. The Hall–Kier alpha value is -4.33. The number of fused-ring (bicyclic) bond motifs is 2. The van der Waals surface area contributed by atoms with Crippen molar-refractivity contribution >= 4 is 40.7 Å². The molecule has 35 heavy (non-hydrogen) atoms. The van der Waals surface area contributed by atoms with E-state index in [1.54, 1.807) is 72.7 Å². The van der Waals surface area contributed by atoms with Crippen molar-refractivity contribution in [2.24, 2.45) is 11.8 Å². The van der Waals surface area contributed by atoms with Crippen LogP contribution in [0.5, 0.6) is 0 Å². The lowest BCUT2D eigenvalue weighted by Crippen LogP contribution is -2.50. The van der Waals surface area contributed by atoms with Crippen LogP contribution < -0.4 is 14.7 Å². The van der Waals surface area contributed by atoms with Gasteiger partial charge in [0, 0.05) is 25.6 Å². The maximum atomic E-state index is 13.9. The van der Waals surface area contributed by atoms with Crippen LogP contribution in [0.2, 0.25) is 0 Å². The van der Waals surface area contributed by atoms with Gasteiger partial charge in [0.1, 0.15) is 6.04 Å². The summed E-state index contributed by atoms with van der Waals surface area (Å²) in [7, 11) is 1.77. The van der Waals surface area contributed by atoms with Crippen LogP contribution in [0.4, 0.5) is 17.1 Å². The van der Waals surface area contributed by atoms with Crippen molar-refractivity contribution in [3.8, 4) is 0 Å². The minimum Gasteiger partial charge on any atom is -0.360 e. The normalized spacial score (nSPS) is 25.8. The van der Waals surface area contributed by atoms with Gasteiger partial charge in [-0.3, -0.25) is 29.1 Å². The number of carbonyl (C=O) groups excluding carboxylic acids is 4. The fourth-order valence-electron chi connectivity index (χ4n) is 5.78. The van der Waals surface area contributed by atoms with Crippen LogP contribution in [0.25, 0.3) is 0 Å². The van der Waals surface area contributed by atoms with Gasteiger partial charge in [-0.1, -0.05) is 36.4 Å². The average molecular weight is 466 g/mol. The Bertz CT molecular complexity index is 1360. The van der Waals surface area contributed by atoms with Gasteiger partial charge in [-0.2, -0.15) is 0 Å². The second-order valence-corrected chi connectivity index (χ2v) is 9.08. The van der Waals surface area contributed by atoms with Crippen LogP contribution >= 0.6 is 0 Å². The Kier molecular flexibility index (Phi) is 4.77. The van der Waals surface area contributed by atoms with Gasteiger partial charge in [0.15, 0.2) is 0 Å². The number of likely N-dealkylation sites (N-methyl/N-ethyl adjacent to an activating group) is 1. The van der Waals surface area contributed by atoms with Crippen molar-refractivity contribution in [1.82, 2.24) is 4.98 Å². The largest absolute Gasteiger partial charge is 0.360 e. The first kappa shape index (κ1) is 21.2. The summed E-state index contributed by atoms with van der Waals surface area (Å²) in [6.07, 6.45) is 1.57. The number of hydrogen-bond donors (Lipinski definition) is 0. The van der Waals surface area contributed by atoms with Crippen molar-refractivity contribution in [2.45, 2.75) is 18.4 Å². The Morgan fingerprint density at radius 1 is 0.714 bits per heavy atom. The molecule has 0 aliphatic carbocycles. The minimum absolute atomic E-state index is 0.0475. The van der Waals surface area contributed by atoms with Crippen molar-refractivity contribution in [2.75, 3.05) is 21.7 Å². The molecule has 8 heteroatoms. The SMILES string of the molecule is CN1c2cccnc2C(C2CC(=O)N(c3ccccc3)C2=O)[C@H]2C(=O)N(c3ccccc3)C(=O)[C@H]21. The van der Waals surface area contributed by atoms with E-state index in [1.807, 2.05) is 18.2 Å². The molecule has 6 rings (SSSR count). The molecular weight excluding hydrogens is 444 g/mol. The second kappa shape index (κ2) is 7.87. The summed E-state index contributed by atoms with van der Waals surface area (Å²) >= 11 is 0. The van der Waals surface area contributed by atoms with Crippen molar-refractivity contribution in [3.63, 3.8) is 0 Å². The number of aromatic nitrogens is 1. The predicted molar refractivity (Wildman–Crippen MR) is 129 cm³/mol. The van der Waals surface area contributed by atoms with Gasteiger partial charge in [0.05, 0.1) is 34.6 Å². The summed E-state index contributed by atoms with van der Waals surface area (Å²) < 4.78 is 0. The number of nitrogens with zero attached hydrogens (tertiary/aromatic N) is 4. The topological polar surface area (TPSA) is 90.9 Å². The van der Waals surface area contributed by atoms with Gasteiger partial charge >= 0.3 is 0 Å². The highest BCUT2D eigenvalue weighted by Crippen LogP contribution is 2.51. The van der Waals surface area contributed by atoms with Crippen molar-refractivity contribution in [3.05, 3.63) is 84.7 Å². The standard InChI is InChI=1S/C27H22N4O4/c1-29-19-13-8-14-28-23(19)21(18-15-20(32)30(25(18)33)16-9-4-2-5-10-16)22-24(29)27(35)31(26(22)34)17-11-6-3-7-12-17/h2-14,18,21-22,24H,15H2,1H3/t18?,21?,22-,24+/m1/s1. The zero-order valence-electron chi connectivity index (χ0n) is 18.9. The van der Waals surface area contributed by atoms with Crippen LogP contribution in [0.3, 0.4) is 0 Å². The quantitative estimate of drug-likeness (QED) is 0.552. The number of rotatable bonds is 3. The highest BCUT2D eigenvalue weighted by molar-refractivity contribution is 6.26. The van der Waals surface area contributed by atoms with Gasteiger partial charge in [-0.25, -0.2) is 4.90 Å². The number of anilines is 3. The van der Waals surface area contributed by atoms with E-state index < -0.39 is 23.8 Å². The molecule has 174 valence electrons. The first-order chi connectivity index (χ1) is 17.0. The Morgan fingerprint density at radius 3 is 2.00 bits per heavy atom. The summed E-state index contributed by atoms with van der Waals surface area (Å²) in [5.41, 5.74) is 2.23. The number of benzene rings is 2. The molecule has 0 radical (unpaired) electrons. The van der Waals surface area contributed by atoms with Crippen LogP contribution in [0, 0.1) is 11.8 Å². The predicted octanol–water partition coefficient (Wildman–Crippen LogP) is 2.75. The molecule has 0 N–H and O–H groups in total. The molecular formula is C27H22N4O4. The zero-order chi connectivity index (χ0) is 24.3. The van der Waals surface area contributed by atoms with E-state index in [-0.39, 0.29) is 30.0 Å². The van der Waals surface area contributed by atoms with Crippen LogP contribution in [-0.4, -0.2) is 41.7 Å². The molecule has 2 aromatic carbocycles. The van der Waals surface area contributed by atoms with Gasteiger partial charge in [0.25, 0.3) is 5.91 Å². The summed E-state index contributed by atoms with van der Waals surface area (Å²) in [6, 6.07) is 20.4. The molecule has 4 atom stereocenters. The van der Waals surface area contributed by atoms with Gasteiger partial charge in [-0.15, -0.1) is 0 Å². The Labute approximate surface area is 201 Å². The van der Waals surface area contributed by atoms with Gasteiger partial charge in [0.2, 0.25) is 17.7 Å². The van der Waals surface area contributed by atoms with Crippen molar-refractivity contribution in [1.29, 1.82) is 0 Å². The van der Waals surface area contributed by atoms with Crippen molar-refractivity contribution < 1.29 is 19.2 Å². The highest BCUT2D eigenvalue weighted by Gasteiger charge is 2.61. The molecule has 8 nitrogen and oxygen atoms in total. The molecule has 2 fully saturated rings. The molecule has 2 unspecified atom stereocenters. The molecule has 3 aromatic rings. The number of para-hydroxylation sites is 2. The summed E-state index contributed by atoms with van der Waals surface area (Å²) in [4.78, 5) is 63.0. The first-order valence-corrected chi connectivity index (χ1v) is 11.5.